The molecule has 2 unspecified atom stereocenters. The van der Waals surface area contributed by atoms with Gasteiger partial charge in [-0.25, -0.2) is 4.98 Å². The molecule has 3 nitrogen and oxygen atoms in total. The van der Waals surface area contributed by atoms with E-state index in [9.17, 15) is 0 Å². The zero-order valence-corrected chi connectivity index (χ0v) is 10.7. The third kappa shape index (κ3) is 3.03. The molecule has 1 aliphatic carbocycles. The summed E-state index contributed by atoms with van der Waals surface area (Å²) in [5, 5.41) is 6.80. The van der Waals surface area contributed by atoms with Crippen molar-refractivity contribution in [3.8, 4) is 0 Å². The van der Waals surface area contributed by atoms with Crippen molar-refractivity contribution < 1.29 is 0 Å². The van der Waals surface area contributed by atoms with Crippen LogP contribution in [0.15, 0.2) is 5.38 Å². The van der Waals surface area contributed by atoms with Crippen LogP contribution < -0.4 is 11.1 Å². The van der Waals surface area contributed by atoms with Gasteiger partial charge in [0.05, 0.1) is 10.7 Å². The minimum absolute atomic E-state index is 0.740. The summed E-state index contributed by atoms with van der Waals surface area (Å²) in [7, 11) is 0. The van der Waals surface area contributed by atoms with Crippen molar-refractivity contribution in [2.45, 2.75) is 32.7 Å². The number of nitrogens with zero attached hydrogens (tertiary/aromatic N) is 1. The average molecular weight is 239 g/mol. The van der Waals surface area contributed by atoms with Crippen molar-refractivity contribution in [3.05, 3.63) is 16.1 Å². The molecule has 1 aliphatic rings. The molecule has 0 aliphatic heterocycles. The highest BCUT2D eigenvalue weighted by Crippen LogP contribution is 2.30. The quantitative estimate of drug-likeness (QED) is 0.825. The molecule has 16 heavy (non-hydrogen) atoms. The Kier molecular flexibility index (Phi) is 4.32. The van der Waals surface area contributed by atoms with Gasteiger partial charge in [-0.2, -0.15) is 0 Å². The predicted octanol–water partition coefficient (Wildman–Crippen LogP) is 1.92. The summed E-state index contributed by atoms with van der Waals surface area (Å²) in [5.74, 6) is 1.52. The summed E-state index contributed by atoms with van der Waals surface area (Å²) in [6.45, 7) is 4.90. The number of rotatable bonds is 5. The first-order valence-electron chi connectivity index (χ1n) is 6.11. The number of thiazole rings is 1. The molecule has 2 atom stereocenters. The molecule has 1 fully saturated rings. The maximum absolute atomic E-state index is 5.77. The molecule has 3 N–H and O–H groups in total. The number of aromatic nitrogens is 1. The topological polar surface area (TPSA) is 50.9 Å². The van der Waals surface area contributed by atoms with Crippen molar-refractivity contribution in [3.63, 3.8) is 0 Å². The fraction of sp³-hybridized carbons (Fsp3) is 0.750. The highest BCUT2D eigenvalue weighted by molar-refractivity contribution is 7.09. The lowest BCUT2D eigenvalue weighted by Crippen LogP contribution is -2.28. The Morgan fingerprint density at radius 3 is 3.00 bits per heavy atom. The van der Waals surface area contributed by atoms with Gasteiger partial charge in [-0.05, 0) is 44.7 Å². The fourth-order valence-electron chi connectivity index (χ4n) is 2.57. The third-order valence-corrected chi connectivity index (χ3v) is 4.32. The van der Waals surface area contributed by atoms with E-state index in [2.05, 4.69) is 22.6 Å². The van der Waals surface area contributed by atoms with Gasteiger partial charge in [0.1, 0.15) is 0 Å². The first-order valence-corrected chi connectivity index (χ1v) is 6.99. The van der Waals surface area contributed by atoms with E-state index >= 15 is 0 Å². The van der Waals surface area contributed by atoms with Crippen LogP contribution in [0.3, 0.4) is 0 Å². The Morgan fingerprint density at radius 1 is 1.50 bits per heavy atom. The van der Waals surface area contributed by atoms with Crippen molar-refractivity contribution in [2.75, 3.05) is 13.1 Å². The molecule has 1 saturated carbocycles. The maximum Gasteiger partial charge on any atom is 0.0897 e. The molecule has 0 amide bonds. The largest absolute Gasteiger partial charge is 0.330 e. The van der Waals surface area contributed by atoms with Crippen LogP contribution in [0.2, 0.25) is 0 Å². The number of nitrogens with one attached hydrogen (secondary N) is 1. The van der Waals surface area contributed by atoms with Crippen molar-refractivity contribution in [1.82, 2.24) is 10.3 Å². The maximum atomic E-state index is 5.77. The van der Waals surface area contributed by atoms with Gasteiger partial charge < -0.3 is 11.1 Å². The minimum Gasteiger partial charge on any atom is -0.330 e. The molecule has 0 saturated heterocycles. The molecule has 90 valence electrons. The van der Waals surface area contributed by atoms with Gasteiger partial charge in [-0.3, -0.25) is 0 Å². The normalized spacial score (nSPS) is 25.1. The first-order chi connectivity index (χ1) is 7.79. The lowest BCUT2D eigenvalue weighted by Gasteiger charge is -2.17. The first kappa shape index (κ1) is 12.0. The Morgan fingerprint density at radius 2 is 2.31 bits per heavy atom. The van der Waals surface area contributed by atoms with Crippen molar-refractivity contribution >= 4 is 11.3 Å². The van der Waals surface area contributed by atoms with Gasteiger partial charge in [0.2, 0.25) is 0 Å². The van der Waals surface area contributed by atoms with Crippen LogP contribution in [0.1, 0.15) is 30.0 Å². The summed E-state index contributed by atoms with van der Waals surface area (Å²) >= 11 is 1.72. The molecular formula is C12H21N3S. The molecular weight excluding hydrogens is 218 g/mol. The standard InChI is InChI=1S/C12H21N3S/c1-9-15-12(8-16-9)7-14-6-11-4-2-3-10(11)5-13/h8,10-11,14H,2-7,13H2,1H3. The van der Waals surface area contributed by atoms with Crippen LogP contribution in [-0.2, 0) is 6.54 Å². The monoisotopic (exact) mass is 239 g/mol. The van der Waals surface area contributed by atoms with Gasteiger partial charge in [0.25, 0.3) is 0 Å². The van der Waals surface area contributed by atoms with E-state index in [0.717, 1.165) is 36.5 Å². The summed E-state index contributed by atoms with van der Waals surface area (Å²) < 4.78 is 0. The number of hydrogen-bond donors (Lipinski definition) is 2. The molecule has 0 spiro atoms. The van der Waals surface area contributed by atoms with Crippen molar-refractivity contribution in [1.29, 1.82) is 0 Å². The Balaban J connectivity index is 1.71. The second kappa shape index (κ2) is 5.75. The van der Waals surface area contributed by atoms with Crippen LogP contribution in [0.5, 0.6) is 0 Å². The summed E-state index contributed by atoms with van der Waals surface area (Å²) in [6.07, 6.45) is 4.01. The van der Waals surface area contributed by atoms with E-state index in [1.165, 1.54) is 25.0 Å². The van der Waals surface area contributed by atoms with Crippen molar-refractivity contribution in [2.24, 2.45) is 17.6 Å². The van der Waals surface area contributed by atoms with Gasteiger partial charge in [-0.15, -0.1) is 11.3 Å². The van der Waals surface area contributed by atoms with Crippen LogP contribution in [-0.4, -0.2) is 18.1 Å². The van der Waals surface area contributed by atoms with Crippen LogP contribution in [0, 0.1) is 18.8 Å². The van der Waals surface area contributed by atoms with Crippen LogP contribution in [0.4, 0.5) is 0 Å². The molecule has 1 aromatic rings. The van der Waals surface area contributed by atoms with E-state index in [-0.39, 0.29) is 0 Å². The van der Waals surface area contributed by atoms with Crippen LogP contribution in [0.25, 0.3) is 0 Å². The Hall–Kier alpha value is -0.450. The molecule has 0 radical (unpaired) electrons. The molecule has 2 rings (SSSR count). The highest BCUT2D eigenvalue weighted by Gasteiger charge is 2.25. The smallest absolute Gasteiger partial charge is 0.0897 e. The van der Waals surface area contributed by atoms with Gasteiger partial charge in [-0.1, -0.05) is 6.42 Å². The predicted molar refractivity (Wildman–Crippen MR) is 68.4 cm³/mol. The van der Waals surface area contributed by atoms with Gasteiger partial charge >= 0.3 is 0 Å². The average Bonchev–Trinajstić information content (AvgIpc) is 2.87. The molecule has 0 aromatic carbocycles. The van der Waals surface area contributed by atoms with E-state index in [4.69, 9.17) is 5.73 Å². The Bertz CT molecular complexity index is 324. The lowest BCUT2D eigenvalue weighted by molar-refractivity contribution is 0.373. The molecule has 1 heterocycles. The lowest BCUT2D eigenvalue weighted by atomic mass is 9.96. The summed E-state index contributed by atoms with van der Waals surface area (Å²) in [4.78, 5) is 4.45. The van der Waals surface area contributed by atoms with E-state index in [1.807, 2.05) is 0 Å². The number of nitrogens with two attached hydrogens (primary N) is 1. The third-order valence-electron chi connectivity index (χ3n) is 3.50. The molecule has 4 heteroatoms. The fourth-order valence-corrected chi connectivity index (χ4v) is 3.18. The van der Waals surface area contributed by atoms with Gasteiger partial charge in [0.15, 0.2) is 0 Å². The van der Waals surface area contributed by atoms with E-state index < -0.39 is 0 Å². The second-order valence-electron chi connectivity index (χ2n) is 4.68. The molecule has 1 aromatic heterocycles. The van der Waals surface area contributed by atoms with E-state index in [1.54, 1.807) is 11.3 Å². The summed E-state index contributed by atoms with van der Waals surface area (Å²) in [6, 6.07) is 0. The second-order valence-corrected chi connectivity index (χ2v) is 5.74. The van der Waals surface area contributed by atoms with E-state index in [0.29, 0.717) is 0 Å². The SMILES string of the molecule is Cc1nc(CNCC2CCCC2CN)cs1. The highest BCUT2D eigenvalue weighted by atomic mass is 32.1. The zero-order valence-electron chi connectivity index (χ0n) is 9.91. The minimum atomic E-state index is 0.740. The number of hydrogen-bond acceptors (Lipinski definition) is 4. The van der Waals surface area contributed by atoms with Crippen LogP contribution >= 0.6 is 11.3 Å². The molecule has 0 bridgehead atoms. The van der Waals surface area contributed by atoms with Gasteiger partial charge in [0, 0.05) is 11.9 Å². The summed E-state index contributed by atoms with van der Waals surface area (Å²) in [5.41, 5.74) is 6.94. The number of aryl methyl sites for hydroxylation is 1. The Labute approximate surface area is 101 Å². The zero-order chi connectivity index (χ0) is 11.4.